The van der Waals surface area contributed by atoms with Crippen molar-refractivity contribution in [3.8, 4) is 22.9 Å². The molecule has 0 radical (unpaired) electrons. The average molecular weight is 478 g/mol. The van der Waals surface area contributed by atoms with E-state index in [0.29, 0.717) is 34.6 Å². The molecular weight excluding hydrogens is 454 g/mol. The van der Waals surface area contributed by atoms with E-state index in [1.807, 2.05) is 24.3 Å². The molecule has 0 atom stereocenters. The largest absolute Gasteiger partial charge is 0.489 e. The molecule has 0 bridgehead atoms. The summed E-state index contributed by atoms with van der Waals surface area (Å²) in [7, 11) is 1.30. The third-order valence-electron chi connectivity index (χ3n) is 4.64. The number of ether oxygens (including phenoxy) is 3. The van der Waals surface area contributed by atoms with E-state index in [1.54, 1.807) is 36.7 Å². The van der Waals surface area contributed by atoms with E-state index in [0.717, 1.165) is 16.7 Å². The number of hydrogen-bond donors (Lipinski definition) is 1. The van der Waals surface area contributed by atoms with E-state index in [9.17, 15) is 4.79 Å². The number of halogens is 1. The Morgan fingerprint density at radius 3 is 2.53 bits per heavy atom. The van der Waals surface area contributed by atoms with Crippen molar-refractivity contribution in [2.45, 2.75) is 6.61 Å². The highest BCUT2D eigenvalue weighted by molar-refractivity contribution is 6.30. The Balaban J connectivity index is 1.65. The zero-order chi connectivity index (χ0) is 24.5. The smallest absolute Gasteiger partial charge is 0.340 e. The van der Waals surface area contributed by atoms with Crippen molar-refractivity contribution >= 4 is 23.3 Å². The third-order valence-corrected chi connectivity index (χ3v) is 4.75. The zero-order valence-electron chi connectivity index (χ0n) is 18.7. The molecule has 1 heterocycles. The summed E-state index contributed by atoms with van der Waals surface area (Å²) >= 11 is 5.82. The normalized spacial score (nSPS) is 10.9. The maximum atomic E-state index is 11.8. The SMILES string of the molecule is C=C/C(=C\C(=C)Cl)COc1cccc(-c2ncc(COc3ccc(N)c(C(=O)OC)c3)cn2)c1. The molecule has 2 aromatic carbocycles. The Bertz CT molecular complexity index is 1220. The molecule has 0 fully saturated rings. The maximum Gasteiger partial charge on any atom is 0.340 e. The van der Waals surface area contributed by atoms with Gasteiger partial charge in [-0.1, -0.05) is 43.0 Å². The van der Waals surface area contributed by atoms with Crippen molar-refractivity contribution in [3.63, 3.8) is 0 Å². The lowest BCUT2D eigenvalue weighted by molar-refractivity contribution is 0.0601. The maximum absolute atomic E-state index is 11.8. The Morgan fingerprint density at radius 2 is 1.85 bits per heavy atom. The molecule has 0 aliphatic heterocycles. The van der Waals surface area contributed by atoms with Gasteiger partial charge in [-0.05, 0) is 42.0 Å². The lowest BCUT2D eigenvalue weighted by Gasteiger charge is -2.10. The summed E-state index contributed by atoms with van der Waals surface area (Å²) in [4.78, 5) is 20.6. The van der Waals surface area contributed by atoms with Crippen LogP contribution < -0.4 is 15.2 Å². The van der Waals surface area contributed by atoms with Crippen molar-refractivity contribution in [2.24, 2.45) is 0 Å². The van der Waals surface area contributed by atoms with Crippen LogP contribution in [0.25, 0.3) is 11.4 Å². The fourth-order valence-corrected chi connectivity index (χ4v) is 3.05. The predicted molar refractivity (Wildman–Crippen MR) is 133 cm³/mol. The summed E-state index contributed by atoms with van der Waals surface area (Å²) in [5.41, 5.74) is 8.75. The number of nitrogens with two attached hydrogens (primary N) is 1. The van der Waals surface area contributed by atoms with Crippen LogP contribution in [0.4, 0.5) is 5.69 Å². The van der Waals surface area contributed by atoms with Gasteiger partial charge in [-0.2, -0.15) is 0 Å². The second-order valence-corrected chi connectivity index (χ2v) is 7.62. The number of anilines is 1. The van der Waals surface area contributed by atoms with Crippen LogP contribution in [0.15, 0.2) is 90.8 Å². The van der Waals surface area contributed by atoms with Crippen molar-refractivity contribution < 1.29 is 19.0 Å². The second kappa shape index (κ2) is 11.7. The molecule has 0 saturated carbocycles. The number of aromatic nitrogens is 2. The minimum absolute atomic E-state index is 0.219. The average Bonchev–Trinajstić information content (AvgIpc) is 2.85. The first kappa shape index (κ1) is 24.5. The van der Waals surface area contributed by atoms with Gasteiger partial charge in [0.05, 0.1) is 12.7 Å². The molecule has 0 amide bonds. The minimum atomic E-state index is -0.525. The van der Waals surface area contributed by atoms with Gasteiger partial charge in [0.1, 0.15) is 24.7 Å². The lowest BCUT2D eigenvalue weighted by atomic mass is 10.1. The molecule has 0 spiro atoms. The van der Waals surface area contributed by atoms with Crippen molar-refractivity contribution in [2.75, 3.05) is 19.5 Å². The molecule has 2 N–H and O–H groups in total. The minimum Gasteiger partial charge on any atom is -0.489 e. The lowest BCUT2D eigenvalue weighted by Crippen LogP contribution is -2.06. The van der Waals surface area contributed by atoms with Crippen molar-refractivity contribution in [1.82, 2.24) is 9.97 Å². The summed E-state index contributed by atoms with van der Waals surface area (Å²) in [6.45, 7) is 7.92. The van der Waals surface area contributed by atoms with Crippen molar-refractivity contribution in [1.29, 1.82) is 0 Å². The van der Waals surface area contributed by atoms with Crippen LogP contribution in [-0.2, 0) is 11.3 Å². The van der Waals surface area contributed by atoms with Gasteiger partial charge in [-0.25, -0.2) is 14.8 Å². The van der Waals surface area contributed by atoms with Crippen LogP contribution in [0.1, 0.15) is 15.9 Å². The number of carbonyl (C=O) groups is 1. The number of esters is 1. The number of nitrogen functional groups attached to an aromatic ring is 1. The Labute approximate surface area is 203 Å². The van der Waals surface area contributed by atoms with Gasteiger partial charge in [0.2, 0.25) is 0 Å². The van der Waals surface area contributed by atoms with Crippen LogP contribution in [0.3, 0.4) is 0 Å². The molecule has 7 nitrogen and oxygen atoms in total. The quantitative estimate of drug-likeness (QED) is 0.239. The van der Waals surface area contributed by atoms with Crippen LogP contribution in [0.5, 0.6) is 11.5 Å². The Hall–Kier alpha value is -4.10. The molecular formula is C26H24ClN3O4. The summed E-state index contributed by atoms with van der Waals surface area (Å²) in [5.74, 6) is 1.16. The van der Waals surface area contributed by atoms with Gasteiger partial charge in [0, 0.05) is 34.2 Å². The van der Waals surface area contributed by atoms with Crippen LogP contribution in [0, 0.1) is 0 Å². The number of carbonyl (C=O) groups excluding carboxylic acids is 1. The fourth-order valence-electron chi connectivity index (χ4n) is 2.91. The molecule has 8 heteroatoms. The summed E-state index contributed by atoms with van der Waals surface area (Å²) in [6, 6.07) is 12.3. The first-order valence-corrected chi connectivity index (χ1v) is 10.6. The third kappa shape index (κ3) is 6.70. The Kier molecular flexibility index (Phi) is 8.43. The number of hydrogen-bond acceptors (Lipinski definition) is 7. The van der Waals surface area contributed by atoms with E-state index in [2.05, 4.69) is 23.1 Å². The number of methoxy groups -OCH3 is 1. The van der Waals surface area contributed by atoms with E-state index < -0.39 is 5.97 Å². The van der Waals surface area contributed by atoms with Gasteiger partial charge < -0.3 is 19.9 Å². The molecule has 0 aliphatic carbocycles. The highest BCUT2D eigenvalue weighted by Gasteiger charge is 2.11. The van der Waals surface area contributed by atoms with Crippen LogP contribution >= 0.6 is 11.6 Å². The van der Waals surface area contributed by atoms with Gasteiger partial charge in [-0.3, -0.25) is 0 Å². The first-order valence-electron chi connectivity index (χ1n) is 10.2. The summed E-state index contributed by atoms with van der Waals surface area (Å²) in [5, 5.41) is 0.407. The number of allylic oxidation sites excluding steroid dienone is 2. The predicted octanol–water partition coefficient (Wildman–Crippen LogP) is 5.34. The van der Waals surface area contributed by atoms with E-state index >= 15 is 0 Å². The van der Waals surface area contributed by atoms with Crippen LogP contribution in [-0.4, -0.2) is 29.7 Å². The van der Waals surface area contributed by atoms with E-state index in [4.69, 9.17) is 31.5 Å². The zero-order valence-corrected chi connectivity index (χ0v) is 19.4. The summed E-state index contributed by atoms with van der Waals surface area (Å²) in [6.07, 6.45) is 6.73. The fraction of sp³-hybridized carbons (Fsp3) is 0.115. The molecule has 0 aliphatic rings. The molecule has 174 valence electrons. The number of benzene rings is 2. The van der Waals surface area contributed by atoms with Gasteiger partial charge in [-0.15, -0.1) is 0 Å². The van der Waals surface area contributed by atoms with E-state index in [-0.39, 0.29) is 12.2 Å². The Morgan fingerprint density at radius 1 is 1.12 bits per heavy atom. The van der Waals surface area contributed by atoms with Gasteiger partial charge in [0.15, 0.2) is 5.82 Å². The highest BCUT2D eigenvalue weighted by Crippen LogP contribution is 2.23. The highest BCUT2D eigenvalue weighted by atomic mass is 35.5. The summed E-state index contributed by atoms with van der Waals surface area (Å²) < 4.78 is 16.3. The van der Waals surface area contributed by atoms with Gasteiger partial charge >= 0.3 is 5.97 Å². The second-order valence-electron chi connectivity index (χ2n) is 7.13. The number of nitrogens with zero attached hydrogens (tertiary/aromatic N) is 2. The molecule has 0 unspecified atom stereocenters. The topological polar surface area (TPSA) is 96.6 Å². The first-order chi connectivity index (χ1) is 16.4. The molecule has 0 saturated heterocycles. The molecule has 3 rings (SSSR count). The molecule has 34 heavy (non-hydrogen) atoms. The van der Waals surface area contributed by atoms with Crippen molar-refractivity contribution in [3.05, 3.63) is 102 Å². The molecule has 1 aromatic heterocycles. The standard InChI is InChI=1S/C26H24ClN3O4/c1-4-18(10-17(2)27)15-33-21-7-5-6-20(11-21)25-29-13-19(14-30-25)16-34-22-8-9-24(28)23(12-22)26(31)32-3/h4-14H,1-2,15-16,28H2,3H3/b18-10+. The number of rotatable bonds is 10. The van der Waals surface area contributed by atoms with Crippen LogP contribution in [0.2, 0.25) is 0 Å². The monoisotopic (exact) mass is 477 g/mol. The van der Waals surface area contributed by atoms with E-state index in [1.165, 1.54) is 13.2 Å². The molecule has 3 aromatic rings. The van der Waals surface area contributed by atoms with Gasteiger partial charge in [0.25, 0.3) is 0 Å².